The Hall–Kier alpha value is -2.72. The number of rotatable bonds is 13. The number of carbonyl (C=O) groups is 6. The molecule has 2 saturated carbocycles. The van der Waals surface area contributed by atoms with E-state index in [1.54, 1.807) is 0 Å². The standard InChI is InChI=1S/C30H40Cl2O10/c1-15(2)27(35)39-7-9-41-29(37)23-13-19(17(5)11-21(23)25(31)33)20-14-24(22(26(32)34)12-18(20)6)30(38)42-10-8-40-28(36)16(3)4/h17-24H,1,3,7-14H2,2,4-6H3. The summed E-state index contributed by atoms with van der Waals surface area (Å²) in [6.45, 7) is 13.2. The van der Waals surface area contributed by atoms with Crippen molar-refractivity contribution in [1.82, 2.24) is 0 Å². The highest BCUT2D eigenvalue weighted by Gasteiger charge is 2.50. The van der Waals surface area contributed by atoms with Crippen LogP contribution in [0, 0.1) is 47.3 Å². The number of esters is 4. The van der Waals surface area contributed by atoms with Gasteiger partial charge in [0.2, 0.25) is 10.5 Å². The van der Waals surface area contributed by atoms with Crippen LogP contribution in [-0.4, -0.2) is 60.8 Å². The van der Waals surface area contributed by atoms with Crippen molar-refractivity contribution in [2.75, 3.05) is 26.4 Å². The summed E-state index contributed by atoms with van der Waals surface area (Å²) in [6.07, 6.45) is 1.28. The lowest BCUT2D eigenvalue weighted by Crippen LogP contribution is -2.46. The highest BCUT2D eigenvalue weighted by Crippen LogP contribution is 2.51. The molecule has 0 bridgehead atoms. The lowest BCUT2D eigenvalue weighted by atomic mass is 9.57. The molecule has 8 unspecified atom stereocenters. The molecule has 0 heterocycles. The van der Waals surface area contributed by atoms with Gasteiger partial charge in [0, 0.05) is 23.0 Å². The first-order valence-electron chi connectivity index (χ1n) is 14.0. The van der Waals surface area contributed by atoms with Gasteiger partial charge in [-0.05, 0) is 86.4 Å². The van der Waals surface area contributed by atoms with Gasteiger partial charge in [0.15, 0.2) is 0 Å². The first-order valence-corrected chi connectivity index (χ1v) is 14.8. The van der Waals surface area contributed by atoms with Gasteiger partial charge in [-0.1, -0.05) is 27.0 Å². The smallest absolute Gasteiger partial charge is 0.333 e. The van der Waals surface area contributed by atoms with Gasteiger partial charge in [-0.15, -0.1) is 0 Å². The van der Waals surface area contributed by atoms with E-state index >= 15 is 0 Å². The molecule has 0 aromatic heterocycles. The molecule has 0 radical (unpaired) electrons. The van der Waals surface area contributed by atoms with Crippen LogP contribution in [0.25, 0.3) is 0 Å². The van der Waals surface area contributed by atoms with E-state index in [4.69, 9.17) is 42.1 Å². The Morgan fingerprint density at radius 3 is 1.17 bits per heavy atom. The number of hydrogen-bond acceptors (Lipinski definition) is 10. The van der Waals surface area contributed by atoms with E-state index in [9.17, 15) is 28.8 Å². The molecule has 0 aromatic rings. The molecule has 0 aliphatic heterocycles. The molecule has 42 heavy (non-hydrogen) atoms. The maximum atomic E-state index is 13.1. The second-order valence-corrected chi connectivity index (χ2v) is 12.2. The van der Waals surface area contributed by atoms with Crippen LogP contribution in [-0.2, 0) is 47.7 Å². The third kappa shape index (κ3) is 9.66. The highest BCUT2D eigenvalue weighted by molar-refractivity contribution is 6.64. The molecule has 12 heteroatoms. The van der Waals surface area contributed by atoms with Crippen LogP contribution >= 0.6 is 23.2 Å². The molecule has 2 aliphatic rings. The van der Waals surface area contributed by atoms with Crippen molar-refractivity contribution in [3.05, 3.63) is 24.3 Å². The molecule has 0 N–H and O–H groups in total. The summed E-state index contributed by atoms with van der Waals surface area (Å²) in [5.41, 5.74) is 0.428. The molecule has 2 aliphatic carbocycles. The van der Waals surface area contributed by atoms with Gasteiger partial charge in [-0.3, -0.25) is 19.2 Å². The third-order valence-corrected chi connectivity index (χ3v) is 8.85. The van der Waals surface area contributed by atoms with E-state index < -0.39 is 58.0 Å². The van der Waals surface area contributed by atoms with Crippen molar-refractivity contribution >= 4 is 57.6 Å². The molecule has 0 saturated heterocycles. The topological polar surface area (TPSA) is 139 Å². The molecule has 2 rings (SSSR count). The van der Waals surface area contributed by atoms with Crippen molar-refractivity contribution in [1.29, 1.82) is 0 Å². The van der Waals surface area contributed by atoms with E-state index in [0.717, 1.165) is 0 Å². The van der Waals surface area contributed by atoms with Crippen LogP contribution in [0.2, 0.25) is 0 Å². The molecule has 0 aromatic carbocycles. The Morgan fingerprint density at radius 2 is 0.881 bits per heavy atom. The van der Waals surface area contributed by atoms with Gasteiger partial charge in [0.25, 0.3) is 0 Å². The average Bonchev–Trinajstić information content (AvgIpc) is 2.92. The molecule has 10 nitrogen and oxygen atoms in total. The number of hydrogen-bond donors (Lipinski definition) is 0. The first kappa shape index (κ1) is 35.5. The molecule has 2 fully saturated rings. The minimum atomic E-state index is -0.818. The Morgan fingerprint density at radius 1 is 0.571 bits per heavy atom. The largest absolute Gasteiger partial charge is 0.462 e. The minimum absolute atomic E-state index is 0.0211. The summed E-state index contributed by atoms with van der Waals surface area (Å²) >= 11 is 11.8. The monoisotopic (exact) mass is 630 g/mol. The Balaban J connectivity index is 2.14. The summed E-state index contributed by atoms with van der Waals surface area (Å²) in [7, 11) is 0. The second kappa shape index (κ2) is 16.2. The van der Waals surface area contributed by atoms with Crippen LogP contribution in [0.1, 0.15) is 53.4 Å². The maximum absolute atomic E-state index is 13.1. The van der Waals surface area contributed by atoms with Crippen molar-refractivity contribution in [3.63, 3.8) is 0 Å². The average molecular weight is 632 g/mol. The third-order valence-electron chi connectivity index (χ3n) is 8.29. The number of halogens is 2. The summed E-state index contributed by atoms with van der Waals surface area (Å²) in [4.78, 5) is 73.9. The lowest BCUT2D eigenvalue weighted by molar-refractivity contribution is -0.162. The summed E-state index contributed by atoms with van der Waals surface area (Å²) in [5, 5.41) is -1.26. The molecule has 234 valence electrons. The molecule has 0 spiro atoms. The normalized spacial score (nSPS) is 29.0. The quantitative estimate of drug-likeness (QED) is 0.0945. The lowest BCUT2D eigenvalue weighted by Gasteiger charge is -2.47. The minimum Gasteiger partial charge on any atom is -0.462 e. The zero-order valence-corrected chi connectivity index (χ0v) is 26.0. The van der Waals surface area contributed by atoms with Crippen LogP contribution in [0.4, 0.5) is 0 Å². The molecular weight excluding hydrogens is 591 g/mol. The summed E-state index contributed by atoms with van der Waals surface area (Å²) < 4.78 is 20.6. The van der Waals surface area contributed by atoms with Crippen molar-refractivity contribution in [2.45, 2.75) is 53.4 Å². The fourth-order valence-electron chi connectivity index (χ4n) is 6.09. The Kier molecular flexibility index (Phi) is 13.7. The second-order valence-electron chi connectivity index (χ2n) is 11.4. The Bertz CT molecular complexity index is 1000. The van der Waals surface area contributed by atoms with Crippen LogP contribution in [0.15, 0.2) is 24.3 Å². The molecule has 0 amide bonds. The highest BCUT2D eigenvalue weighted by atomic mass is 35.5. The zero-order chi connectivity index (χ0) is 31.7. The molecular formula is C30H40Cl2O10. The maximum Gasteiger partial charge on any atom is 0.333 e. The predicted octanol–water partition coefficient (Wildman–Crippen LogP) is 4.40. The summed E-state index contributed by atoms with van der Waals surface area (Å²) in [6, 6.07) is 0. The van der Waals surface area contributed by atoms with Gasteiger partial charge in [0.05, 0.1) is 11.8 Å². The number of carbonyl (C=O) groups excluding carboxylic acids is 6. The van der Waals surface area contributed by atoms with Gasteiger partial charge < -0.3 is 18.9 Å². The van der Waals surface area contributed by atoms with E-state index in [1.807, 2.05) is 13.8 Å². The van der Waals surface area contributed by atoms with Crippen LogP contribution in [0.3, 0.4) is 0 Å². The van der Waals surface area contributed by atoms with Crippen molar-refractivity contribution in [2.24, 2.45) is 47.3 Å². The van der Waals surface area contributed by atoms with E-state index in [0.29, 0.717) is 25.7 Å². The van der Waals surface area contributed by atoms with Crippen LogP contribution in [0.5, 0.6) is 0 Å². The van der Waals surface area contributed by atoms with E-state index in [2.05, 4.69) is 13.2 Å². The molecule has 8 atom stereocenters. The first-order chi connectivity index (χ1) is 19.6. The zero-order valence-electron chi connectivity index (χ0n) is 24.5. The van der Waals surface area contributed by atoms with Gasteiger partial charge >= 0.3 is 23.9 Å². The van der Waals surface area contributed by atoms with Gasteiger partial charge in [0.1, 0.15) is 26.4 Å². The van der Waals surface area contributed by atoms with Crippen molar-refractivity contribution < 1.29 is 47.7 Å². The van der Waals surface area contributed by atoms with Crippen LogP contribution < -0.4 is 0 Å². The number of ether oxygens (including phenoxy) is 4. The summed E-state index contributed by atoms with van der Waals surface area (Å²) in [5.74, 6) is -5.80. The fraction of sp³-hybridized carbons (Fsp3) is 0.667. The predicted molar refractivity (Wildman–Crippen MR) is 153 cm³/mol. The van der Waals surface area contributed by atoms with Gasteiger partial charge in [-0.2, -0.15) is 0 Å². The van der Waals surface area contributed by atoms with Gasteiger partial charge in [-0.25, -0.2) is 9.59 Å². The van der Waals surface area contributed by atoms with E-state index in [1.165, 1.54) is 13.8 Å². The van der Waals surface area contributed by atoms with Crippen molar-refractivity contribution in [3.8, 4) is 0 Å². The Labute approximate surface area is 256 Å². The fourth-order valence-corrected chi connectivity index (χ4v) is 6.57. The SMILES string of the molecule is C=C(C)C(=O)OCCOC(=O)C1CC(C2CC(C(=O)OCCOC(=O)C(=C)C)C(C(=O)Cl)CC2C)C(C)CC1C(=O)Cl. The van der Waals surface area contributed by atoms with E-state index in [-0.39, 0.29) is 61.2 Å².